The molecule has 1 heterocycles. The lowest BCUT2D eigenvalue weighted by Crippen LogP contribution is -2.30. The van der Waals surface area contributed by atoms with E-state index in [4.69, 9.17) is 4.74 Å². The third kappa shape index (κ3) is 2.15. The lowest BCUT2D eigenvalue weighted by molar-refractivity contribution is -0.00559. The lowest BCUT2D eigenvalue weighted by Gasteiger charge is -2.29. The summed E-state index contributed by atoms with van der Waals surface area (Å²) in [5.74, 6) is 0. The zero-order valence-electron chi connectivity index (χ0n) is 10.7. The van der Waals surface area contributed by atoms with Crippen LogP contribution in [0, 0.1) is 16.7 Å². The summed E-state index contributed by atoms with van der Waals surface area (Å²) in [7, 11) is 0. The number of hydrogen-bond acceptors (Lipinski definition) is 2. The normalized spacial score (nSPS) is 25.4. The molecule has 0 saturated carbocycles. The SMILES string of the molecule is N#CC1(CC2CCCCO2)Cc2ccccc2C1. The molecule has 1 aromatic carbocycles. The highest BCUT2D eigenvalue weighted by Crippen LogP contribution is 2.41. The maximum absolute atomic E-state index is 9.61. The summed E-state index contributed by atoms with van der Waals surface area (Å²) in [6.07, 6.45) is 6.56. The zero-order valence-corrected chi connectivity index (χ0v) is 10.7. The molecule has 0 radical (unpaired) electrons. The predicted octanol–water partition coefficient (Wildman–Crippen LogP) is 3.25. The molecule has 1 aromatic rings. The molecule has 3 rings (SSSR count). The maximum Gasteiger partial charge on any atom is 0.0697 e. The number of benzene rings is 1. The summed E-state index contributed by atoms with van der Waals surface area (Å²) in [6.45, 7) is 0.874. The van der Waals surface area contributed by atoms with Gasteiger partial charge in [-0.25, -0.2) is 0 Å². The molecule has 1 fully saturated rings. The van der Waals surface area contributed by atoms with E-state index in [0.29, 0.717) is 6.10 Å². The van der Waals surface area contributed by atoms with Crippen molar-refractivity contribution >= 4 is 0 Å². The van der Waals surface area contributed by atoms with Crippen LogP contribution in [0.1, 0.15) is 36.8 Å². The van der Waals surface area contributed by atoms with Crippen LogP contribution < -0.4 is 0 Å². The van der Waals surface area contributed by atoms with Crippen molar-refractivity contribution in [2.75, 3.05) is 6.61 Å². The van der Waals surface area contributed by atoms with Crippen molar-refractivity contribution in [2.24, 2.45) is 5.41 Å². The predicted molar refractivity (Wildman–Crippen MR) is 70.1 cm³/mol. The first kappa shape index (κ1) is 11.7. The summed E-state index contributed by atoms with van der Waals surface area (Å²) in [6, 6.07) is 11.1. The quantitative estimate of drug-likeness (QED) is 0.796. The third-order valence-corrected chi connectivity index (χ3v) is 4.31. The smallest absolute Gasteiger partial charge is 0.0697 e. The van der Waals surface area contributed by atoms with Gasteiger partial charge in [0, 0.05) is 6.61 Å². The van der Waals surface area contributed by atoms with Crippen LogP contribution in [0.3, 0.4) is 0 Å². The molecule has 1 unspecified atom stereocenters. The Kier molecular flexibility index (Phi) is 3.09. The van der Waals surface area contributed by atoms with Crippen molar-refractivity contribution in [3.63, 3.8) is 0 Å². The number of nitrogens with zero attached hydrogens (tertiary/aromatic N) is 1. The fourth-order valence-electron chi connectivity index (χ4n) is 3.37. The van der Waals surface area contributed by atoms with E-state index in [0.717, 1.165) is 32.3 Å². The molecule has 2 heteroatoms. The van der Waals surface area contributed by atoms with E-state index in [1.54, 1.807) is 0 Å². The second kappa shape index (κ2) is 4.74. The van der Waals surface area contributed by atoms with Gasteiger partial charge in [0.05, 0.1) is 17.6 Å². The average molecular weight is 241 g/mol. The van der Waals surface area contributed by atoms with Crippen LogP contribution in [-0.2, 0) is 17.6 Å². The van der Waals surface area contributed by atoms with Crippen molar-refractivity contribution in [3.8, 4) is 6.07 Å². The number of rotatable bonds is 2. The summed E-state index contributed by atoms with van der Waals surface area (Å²) >= 11 is 0. The number of fused-ring (bicyclic) bond motifs is 1. The van der Waals surface area contributed by atoms with Gasteiger partial charge in [-0.2, -0.15) is 5.26 Å². The van der Waals surface area contributed by atoms with E-state index >= 15 is 0 Å². The lowest BCUT2D eigenvalue weighted by atomic mass is 9.79. The molecule has 94 valence electrons. The van der Waals surface area contributed by atoms with Crippen LogP contribution in [-0.4, -0.2) is 12.7 Å². The summed E-state index contributed by atoms with van der Waals surface area (Å²) in [5.41, 5.74) is 2.50. The molecule has 0 N–H and O–H groups in total. The Balaban J connectivity index is 1.75. The fourth-order valence-corrected chi connectivity index (χ4v) is 3.37. The standard InChI is InChI=1S/C16H19NO/c17-12-16(11-15-7-3-4-8-18-15)9-13-5-1-2-6-14(13)10-16/h1-2,5-6,15H,3-4,7-11H2. The highest BCUT2D eigenvalue weighted by Gasteiger charge is 2.39. The molecule has 18 heavy (non-hydrogen) atoms. The van der Waals surface area contributed by atoms with E-state index in [1.165, 1.54) is 24.0 Å². The molecule has 1 aliphatic heterocycles. The highest BCUT2D eigenvalue weighted by atomic mass is 16.5. The first-order valence-electron chi connectivity index (χ1n) is 6.91. The molecular weight excluding hydrogens is 222 g/mol. The van der Waals surface area contributed by atoms with Gasteiger partial charge < -0.3 is 4.74 Å². The Morgan fingerprint density at radius 1 is 1.22 bits per heavy atom. The minimum atomic E-state index is -0.217. The maximum atomic E-state index is 9.61. The van der Waals surface area contributed by atoms with Gasteiger partial charge in [-0.15, -0.1) is 0 Å². The molecule has 1 atom stereocenters. The molecular formula is C16H19NO. The minimum Gasteiger partial charge on any atom is -0.378 e. The molecule has 1 aliphatic carbocycles. The van der Waals surface area contributed by atoms with Crippen molar-refractivity contribution in [2.45, 2.75) is 44.6 Å². The van der Waals surface area contributed by atoms with Crippen molar-refractivity contribution in [1.29, 1.82) is 5.26 Å². The largest absolute Gasteiger partial charge is 0.378 e. The van der Waals surface area contributed by atoms with E-state index in [1.807, 2.05) is 0 Å². The second-order valence-corrected chi connectivity index (χ2v) is 5.71. The van der Waals surface area contributed by atoms with Gasteiger partial charge in [0.15, 0.2) is 0 Å². The van der Waals surface area contributed by atoms with Crippen molar-refractivity contribution < 1.29 is 4.74 Å². The molecule has 2 nitrogen and oxygen atoms in total. The molecule has 0 amide bonds. The Hall–Kier alpha value is -1.33. The van der Waals surface area contributed by atoms with Gasteiger partial charge in [0.2, 0.25) is 0 Å². The Morgan fingerprint density at radius 3 is 2.50 bits per heavy atom. The molecule has 2 aliphatic rings. The molecule has 0 bridgehead atoms. The van der Waals surface area contributed by atoms with Gasteiger partial charge >= 0.3 is 0 Å². The van der Waals surface area contributed by atoms with Crippen LogP contribution in [0.2, 0.25) is 0 Å². The highest BCUT2D eigenvalue weighted by molar-refractivity contribution is 5.37. The van der Waals surface area contributed by atoms with E-state index in [9.17, 15) is 5.26 Å². The van der Waals surface area contributed by atoms with Crippen LogP contribution in [0.4, 0.5) is 0 Å². The fraction of sp³-hybridized carbons (Fsp3) is 0.562. The van der Waals surface area contributed by atoms with Crippen LogP contribution >= 0.6 is 0 Å². The Morgan fingerprint density at radius 2 is 1.94 bits per heavy atom. The number of ether oxygens (including phenoxy) is 1. The van der Waals surface area contributed by atoms with E-state index in [2.05, 4.69) is 30.3 Å². The number of hydrogen-bond donors (Lipinski definition) is 0. The Bertz CT molecular complexity index is 443. The number of nitriles is 1. The Labute approximate surface area is 109 Å². The summed E-state index contributed by atoms with van der Waals surface area (Å²) in [5, 5.41) is 9.61. The van der Waals surface area contributed by atoms with Gasteiger partial charge in [-0.3, -0.25) is 0 Å². The first-order chi connectivity index (χ1) is 8.81. The van der Waals surface area contributed by atoms with Gasteiger partial charge in [0.1, 0.15) is 0 Å². The average Bonchev–Trinajstić information content (AvgIpc) is 2.78. The monoisotopic (exact) mass is 241 g/mol. The summed E-state index contributed by atoms with van der Waals surface area (Å²) in [4.78, 5) is 0. The minimum absolute atomic E-state index is 0.217. The molecule has 0 spiro atoms. The second-order valence-electron chi connectivity index (χ2n) is 5.71. The van der Waals surface area contributed by atoms with E-state index < -0.39 is 0 Å². The van der Waals surface area contributed by atoms with Gasteiger partial charge in [-0.05, 0) is 49.7 Å². The van der Waals surface area contributed by atoms with Crippen LogP contribution in [0.25, 0.3) is 0 Å². The van der Waals surface area contributed by atoms with Crippen molar-refractivity contribution in [3.05, 3.63) is 35.4 Å². The zero-order chi connectivity index (χ0) is 12.4. The van der Waals surface area contributed by atoms with Gasteiger partial charge in [0.25, 0.3) is 0 Å². The van der Waals surface area contributed by atoms with Crippen LogP contribution in [0.15, 0.2) is 24.3 Å². The molecule has 1 saturated heterocycles. The van der Waals surface area contributed by atoms with Crippen molar-refractivity contribution in [1.82, 2.24) is 0 Å². The third-order valence-electron chi connectivity index (χ3n) is 4.31. The summed E-state index contributed by atoms with van der Waals surface area (Å²) < 4.78 is 5.81. The topological polar surface area (TPSA) is 33.0 Å². The van der Waals surface area contributed by atoms with Crippen LogP contribution in [0.5, 0.6) is 0 Å². The van der Waals surface area contributed by atoms with Gasteiger partial charge in [-0.1, -0.05) is 24.3 Å². The van der Waals surface area contributed by atoms with E-state index in [-0.39, 0.29) is 5.41 Å². The molecule has 0 aromatic heterocycles. The first-order valence-corrected chi connectivity index (χ1v) is 6.91.